The second-order valence-corrected chi connectivity index (χ2v) is 7.79. The molecule has 2 atom stereocenters. The summed E-state index contributed by atoms with van der Waals surface area (Å²) >= 11 is 0. The van der Waals surface area contributed by atoms with E-state index in [1.54, 1.807) is 12.1 Å². The second kappa shape index (κ2) is 6.68. The Morgan fingerprint density at radius 2 is 1.65 bits per heavy atom. The highest BCUT2D eigenvalue weighted by Gasteiger charge is 2.27. The lowest BCUT2D eigenvalue weighted by Crippen LogP contribution is -2.47. The molecule has 0 fully saturated rings. The summed E-state index contributed by atoms with van der Waals surface area (Å²) in [7, 11) is -3.93. The number of rotatable bonds is 5. The Morgan fingerprint density at radius 1 is 1.04 bits per heavy atom. The third kappa shape index (κ3) is 3.89. The number of fused-ring (bicyclic) bond motifs is 1. The number of sulfonamides is 1. The minimum atomic E-state index is -3.93. The van der Waals surface area contributed by atoms with Crippen LogP contribution >= 0.6 is 0 Å². The first-order valence-corrected chi connectivity index (χ1v) is 9.01. The van der Waals surface area contributed by atoms with Crippen LogP contribution in [-0.2, 0) is 14.8 Å². The third-order valence-electron chi connectivity index (χ3n) is 4.19. The lowest BCUT2D eigenvalue weighted by molar-refractivity contribution is -0.121. The van der Waals surface area contributed by atoms with Gasteiger partial charge in [0, 0.05) is 0 Å². The largest absolute Gasteiger partial charge is 0.320 e. The van der Waals surface area contributed by atoms with Crippen molar-refractivity contribution < 1.29 is 13.2 Å². The Hall–Kier alpha value is -1.92. The first-order chi connectivity index (χ1) is 10.7. The third-order valence-corrected chi connectivity index (χ3v) is 5.53. The molecule has 0 bridgehead atoms. The summed E-state index contributed by atoms with van der Waals surface area (Å²) < 4.78 is 26.9. The van der Waals surface area contributed by atoms with Crippen molar-refractivity contribution in [2.45, 2.75) is 31.7 Å². The molecular formula is C17H22N2O3S. The molecular weight excluding hydrogens is 312 g/mol. The van der Waals surface area contributed by atoms with E-state index in [0.717, 1.165) is 10.8 Å². The molecule has 0 aromatic heterocycles. The molecule has 0 spiro atoms. The van der Waals surface area contributed by atoms with Crippen LogP contribution in [0.15, 0.2) is 47.4 Å². The van der Waals surface area contributed by atoms with Gasteiger partial charge in [0.15, 0.2) is 0 Å². The van der Waals surface area contributed by atoms with E-state index in [1.807, 2.05) is 45.0 Å². The second-order valence-electron chi connectivity index (χ2n) is 6.11. The molecule has 0 aliphatic rings. The molecule has 0 radical (unpaired) electrons. The standard InChI is InChI=1S/C17H22N2O3S/c1-11(2)12(3)16(18)17(20)19-23(21,22)15-9-8-13-6-4-5-7-14(13)10-15/h4-12,16H,18H2,1-3H3,(H,19,20)/t12-,16-/m0/s1. The number of hydrogen-bond donors (Lipinski definition) is 2. The van der Waals surface area contributed by atoms with Crippen molar-refractivity contribution in [2.75, 3.05) is 0 Å². The summed E-state index contributed by atoms with van der Waals surface area (Å²) in [5, 5.41) is 1.73. The van der Waals surface area contributed by atoms with Crippen LogP contribution in [0, 0.1) is 11.8 Å². The van der Waals surface area contributed by atoms with Gasteiger partial charge in [-0.1, -0.05) is 51.1 Å². The molecule has 0 unspecified atom stereocenters. The SMILES string of the molecule is CC(C)[C@H](C)[C@H](N)C(=O)NS(=O)(=O)c1ccc2ccccc2c1. The molecule has 0 heterocycles. The van der Waals surface area contributed by atoms with Gasteiger partial charge < -0.3 is 5.73 Å². The molecule has 3 N–H and O–H groups in total. The minimum Gasteiger partial charge on any atom is -0.320 e. The van der Waals surface area contributed by atoms with Crippen molar-refractivity contribution in [1.29, 1.82) is 0 Å². The van der Waals surface area contributed by atoms with Crippen LogP contribution in [0.5, 0.6) is 0 Å². The maximum atomic E-state index is 12.4. The van der Waals surface area contributed by atoms with Crippen LogP contribution in [0.25, 0.3) is 10.8 Å². The van der Waals surface area contributed by atoms with Gasteiger partial charge in [0.1, 0.15) is 0 Å². The number of nitrogens with one attached hydrogen (secondary N) is 1. The van der Waals surface area contributed by atoms with Crippen LogP contribution in [-0.4, -0.2) is 20.4 Å². The van der Waals surface area contributed by atoms with Crippen LogP contribution in [0.1, 0.15) is 20.8 Å². The predicted octanol–water partition coefficient (Wildman–Crippen LogP) is 2.26. The molecule has 2 rings (SSSR count). The van der Waals surface area contributed by atoms with Crippen molar-refractivity contribution >= 4 is 26.7 Å². The molecule has 0 aliphatic heterocycles. The Bertz CT molecular complexity index is 815. The van der Waals surface area contributed by atoms with Gasteiger partial charge in [-0.05, 0) is 34.7 Å². The van der Waals surface area contributed by atoms with Crippen molar-refractivity contribution in [3.63, 3.8) is 0 Å². The highest BCUT2D eigenvalue weighted by atomic mass is 32.2. The monoisotopic (exact) mass is 334 g/mol. The fourth-order valence-electron chi connectivity index (χ4n) is 2.25. The average molecular weight is 334 g/mol. The fraction of sp³-hybridized carbons (Fsp3) is 0.353. The molecule has 2 aromatic carbocycles. The molecule has 0 saturated heterocycles. The van der Waals surface area contributed by atoms with Gasteiger partial charge in [0.05, 0.1) is 10.9 Å². The zero-order valence-corrected chi connectivity index (χ0v) is 14.3. The molecule has 23 heavy (non-hydrogen) atoms. The lowest BCUT2D eigenvalue weighted by atomic mass is 9.91. The normalized spacial score (nSPS) is 14.7. The van der Waals surface area contributed by atoms with Crippen LogP contribution in [0.3, 0.4) is 0 Å². The van der Waals surface area contributed by atoms with E-state index in [4.69, 9.17) is 5.73 Å². The molecule has 0 saturated carbocycles. The molecule has 124 valence electrons. The summed E-state index contributed by atoms with van der Waals surface area (Å²) in [5.41, 5.74) is 5.86. The van der Waals surface area contributed by atoms with Crippen molar-refractivity contribution in [1.82, 2.24) is 4.72 Å². The summed E-state index contributed by atoms with van der Waals surface area (Å²) in [6.45, 7) is 5.71. The van der Waals surface area contributed by atoms with Gasteiger partial charge in [0.2, 0.25) is 0 Å². The maximum absolute atomic E-state index is 12.4. The van der Waals surface area contributed by atoms with Crippen LogP contribution in [0.2, 0.25) is 0 Å². The quantitative estimate of drug-likeness (QED) is 0.878. The van der Waals surface area contributed by atoms with Crippen molar-refractivity contribution in [3.05, 3.63) is 42.5 Å². The zero-order valence-electron chi connectivity index (χ0n) is 13.5. The summed E-state index contributed by atoms with van der Waals surface area (Å²) in [6.07, 6.45) is 0. The van der Waals surface area contributed by atoms with Gasteiger partial charge in [-0.15, -0.1) is 0 Å². The Labute approximate surface area is 136 Å². The highest BCUT2D eigenvalue weighted by Crippen LogP contribution is 2.19. The number of carbonyl (C=O) groups is 1. The van der Waals surface area contributed by atoms with E-state index in [0.29, 0.717) is 0 Å². The van der Waals surface area contributed by atoms with Crippen LogP contribution < -0.4 is 10.5 Å². The van der Waals surface area contributed by atoms with Gasteiger partial charge in [-0.25, -0.2) is 13.1 Å². The van der Waals surface area contributed by atoms with E-state index >= 15 is 0 Å². The summed E-state index contributed by atoms with van der Waals surface area (Å²) in [4.78, 5) is 12.2. The Morgan fingerprint density at radius 3 is 2.26 bits per heavy atom. The fourth-order valence-corrected chi connectivity index (χ4v) is 3.30. The predicted molar refractivity (Wildman–Crippen MR) is 91.3 cm³/mol. The van der Waals surface area contributed by atoms with E-state index < -0.39 is 22.0 Å². The van der Waals surface area contributed by atoms with Gasteiger partial charge >= 0.3 is 0 Å². The van der Waals surface area contributed by atoms with Gasteiger partial charge in [0.25, 0.3) is 15.9 Å². The Balaban J connectivity index is 2.25. The molecule has 5 nitrogen and oxygen atoms in total. The van der Waals surface area contributed by atoms with Gasteiger partial charge in [-0.3, -0.25) is 4.79 Å². The highest BCUT2D eigenvalue weighted by molar-refractivity contribution is 7.90. The summed E-state index contributed by atoms with van der Waals surface area (Å²) in [5.74, 6) is -0.625. The maximum Gasteiger partial charge on any atom is 0.264 e. The van der Waals surface area contributed by atoms with E-state index in [2.05, 4.69) is 4.72 Å². The molecule has 6 heteroatoms. The number of hydrogen-bond acceptors (Lipinski definition) is 4. The number of benzene rings is 2. The molecule has 1 amide bonds. The first-order valence-electron chi connectivity index (χ1n) is 7.53. The number of nitrogens with two attached hydrogens (primary N) is 1. The zero-order chi connectivity index (χ0) is 17.2. The molecule has 2 aromatic rings. The van der Waals surface area contributed by atoms with E-state index in [1.165, 1.54) is 6.07 Å². The number of carbonyl (C=O) groups excluding carboxylic acids is 1. The first kappa shape index (κ1) is 17.4. The summed E-state index contributed by atoms with van der Waals surface area (Å²) in [6, 6.07) is 11.3. The number of amides is 1. The Kier molecular flexibility index (Phi) is 5.06. The van der Waals surface area contributed by atoms with Gasteiger partial charge in [-0.2, -0.15) is 0 Å². The topological polar surface area (TPSA) is 89.3 Å². The van der Waals surface area contributed by atoms with E-state index in [-0.39, 0.29) is 16.7 Å². The smallest absolute Gasteiger partial charge is 0.264 e. The minimum absolute atomic E-state index is 0.0500. The molecule has 0 aliphatic carbocycles. The van der Waals surface area contributed by atoms with Crippen LogP contribution in [0.4, 0.5) is 0 Å². The lowest BCUT2D eigenvalue weighted by Gasteiger charge is -2.22. The average Bonchev–Trinajstić information content (AvgIpc) is 2.52. The van der Waals surface area contributed by atoms with Crippen molar-refractivity contribution in [2.24, 2.45) is 17.6 Å². The van der Waals surface area contributed by atoms with Crippen molar-refractivity contribution in [3.8, 4) is 0 Å². The van der Waals surface area contributed by atoms with E-state index in [9.17, 15) is 13.2 Å².